The van der Waals surface area contributed by atoms with Crippen molar-refractivity contribution in [3.05, 3.63) is 35.6 Å². The molecule has 0 amide bonds. The van der Waals surface area contributed by atoms with Gasteiger partial charge < -0.3 is 9.84 Å². The van der Waals surface area contributed by atoms with Gasteiger partial charge >= 0.3 is 0 Å². The molecule has 1 aromatic rings. The molecule has 0 aromatic heterocycles. The Morgan fingerprint density at radius 3 is 2.74 bits per heavy atom. The first kappa shape index (κ1) is 13.1. The van der Waals surface area contributed by atoms with E-state index in [1.165, 1.54) is 12.5 Å². The summed E-state index contributed by atoms with van der Waals surface area (Å²) in [6, 6.07) is 6.55. The third kappa shape index (κ3) is 2.19. The molecule has 1 saturated carbocycles. The highest BCUT2D eigenvalue weighted by molar-refractivity contribution is 5.25. The Labute approximate surface area is 113 Å². The number of rotatable bonds is 2. The maximum absolute atomic E-state index is 13.9. The van der Waals surface area contributed by atoms with Crippen molar-refractivity contribution < 1.29 is 14.2 Å². The molecule has 1 spiro atoms. The van der Waals surface area contributed by atoms with Gasteiger partial charge in [-0.15, -0.1) is 0 Å². The van der Waals surface area contributed by atoms with Crippen LogP contribution >= 0.6 is 0 Å². The predicted octanol–water partition coefficient (Wildman–Crippen LogP) is 3.38. The van der Waals surface area contributed by atoms with Gasteiger partial charge in [0.2, 0.25) is 0 Å². The van der Waals surface area contributed by atoms with Crippen molar-refractivity contribution in [2.24, 2.45) is 5.92 Å². The Morgan fingerprint density at radius 2 is 2.11 bits per heavy atom. The fourth-order valence-corrected chi connectivity index (χ4v) is 3.52. The largest absolute Gasteiger partial charge is 0.385 e. The maximum atomic E-state index is 13.9. The van der Waals surface area contributed by atoms with Gasteiger partial charge in [-0.1, -0.05) is 18.2 Å². The number of benzene rings is 1. The smallest absolute Gasteiger partial charge is 0.129 e. The van der Waals surface area contributed by atoms with E-state index in [9.17, 15) is 9.50 Å². The molecule has 2 nitrogen and oxygen atoms in total. The lowest BCUT2D eigenvalue weighted by Crippen LogP contribution is -2.50. The van der Waals surface area contributed by atoms with Gasteiger partial charge in [0.25, 0.3) is 0 Å². The Bertz CT molecular complexity index is 466. The number of ether oxygens (including phenoxy) is 1. The first-order valence-corrected chi connectivity index (χ1v) is 7.15. The van der Waals surface area contributed by atoms with E-state index in [0.717, 1.165) is 25.7 Å². The third-order valence-corrected chi connectivity index (χ3v) is 4.97. The fraction of sp³-hybridized carbons (Fsp3) is 0.625. The lowest BCUT2D eigenvalue weighted by atomic mass is 9.67. The monoisotopic (exact) mass is 264 g/mol. The van der Waals surface area contributed by atoms with Crippen molar-refractivity contribution in [3.8, 4) is 0 Å². The summed E-state index contributed by atoms with van der Waals surface area (Å²) in [7, 11) is 0. The first-order chi connectivity index (χ1) is 9.04. The predicted molar refractivity (Wildman–Crippen MR) is 71.2 cm³/mol. The Hall–Kier alpha value is -0.930. The van der Waals surface area contributed by atoms with Gasteiger partial charge in [0.1, 0.15) is 5.82 Å². The normalized spacial score (nSPS) is 28.7. The molecule has 1 heterocycles. The molecular weight excluding hydrogens is 243 g/mol. The van der Waals surface area contributed by atoms with Crippen LogP contribution in [-0.4, -0.2) is 17.3 Å². The number of hydrogen-bond acceptors (Lipinski definition) is 2. The Kier molecular flexibility index (Phi) is 3.14. The molecule has 1 aromatic carbocycles. The summed E-state index contributed by atoms with van der Waals surface area (Å²) in [4.78, 5) is 0. The highest BCUT2D eigenvalue weighted by atomic mass is 19.1. The van der Waals surface area contributed by atoms with Gasteiger partial charge in [0.15, 0.2) is 0 Å². The van der Waals surface area contributed by atoms with Crippen molar-refractivity contribution in [2.45, 2.75) is 50.2 Å². The zero-order valence-electron chi connectivity index (χ0n) is 11.4. The summed E-state index contributed by atoms with van der Waals surface area (Å²) < 4.78 is 19.8. The number of hydrogen-bond donors (Lipinski definition) is 1. The number of halogens is 1. The summed E-state index contributed by atoms with van der Waals surface area (Å²) in [6.45, 7) is 2.42. The lowest BCUT2D eigenvalue weighted by Gasteiger charge is -2.50. The Balaban J connectivity index is 1.85. The molecule has 2 aliphatic rings. The molecular formula is C16H21FO2. The molecule has 1 aliphatic heterocycles. The third-order valence-electron chi connectivity index (χ3n) is 4.97. The molecule has 3 rings (SSSR count). The van der Waals surface area contributed by atoms with E-state index in [0.29, 0.717) is 12.2 Å². The van der Waals surface area contributed by atoms with Crippen molar-refractivity contribution in [3.63, 3.8) is 0 Å². The molecule has 1 aliphatic carbocycles. The second-order valence-electron chi connectivity index (χ2n) is 6.20. The summed E-state index contributed by atoms with van der Waals surface area (Å²) in [5, 5.41) is 10.8. The van der Waals surface area contributed by atoms with Crippen molar-refractivity contribution >= 4 is 0 Å². The molecule has 0 radical (unpaired) electrons. The zero-order valence-corrected chi connectivity index (χ0v) is 11.4. The molecule has 2 fully saturated rings. The second kappa shape index (κ2) is 4.57. The summed E-state index contributed by atoms with van der Waals surface area (Å²) in [5.74, 6) is -0.250. The van der Waals surface area contributed by atoms with Crippen LogP contribution in [-0.2, 0) is 10.3 Å². The summed E-state index contributed by atoms with van der Waals surface area (Å²) in [6.07, 6.45) is 5.00. The van der Waals surface area contributed by atoms with Crippen LogP contribution < -0.4 is 0 Å². The maximum Gasteiger partial charge on any atom is 0.129 e. The van der Waals surface area contributed by atoms with E-state index >= 15 is 0 Å². The highest BCUT2D eigenvalue weighted by Crippen LogP contribution is 2.49. The standard InChI is InChI=1S/C16H21FO2/c1-15(18,13-5-2-3-6-14(13)17)12-7-10-19-16(11-12)8-4-9-16/h2-3,5-6,12,18H,4,7-11H2,1H3. The van der Waals surface area contributed by atoms with Crippen LogP contribution in [0.3, 0.4) is 0 Å². The minimum atomic E-state index is -1.11. The minimum Gasteiger partial charge on any atom is -0.385 e. The van der Waals surface area contributed by atoms with E-state index in [1.807, 2.05) is 0 Å². The topological polar surface area (TPSA) is 29.5 Å². The van der Waals surface area contributed by atoms with Crippen molar-refractivity contribution in [1.29, 1.82) is 0 Å². The summed E-state index contributed by atoms with van der Waals surface area (Å²) in [5.41, 5.74) is -0.730. The molecule has 1 N–H and O–H groups in total. The van der Waals surface area contributed by atoms with Gasteiger partial charge in [0.05, 0.1) is 11.2 Å². The van der Waals surface area contributed by atoms with Crippen LogP contribution in [0.4, 0.5) is 4.39 Å². The van der Waals surface area contributed by atoms with Crippen molar-refractivity contribution in [2.75, 3.05) is 6.61 Å². The minimum absolute atomic E-state index is 0.0296. The van der Waals surface area contributed by atoms with Crippen LogP contribution in [0.25, 0.3) is 0 Å². The lowest BCUT2D eigenvalue weighted by molar-refractivity contribution is -0.174. The van der Waals surface area contributed by atoms with Crippen LogP contribution in [0, 0.1) is 11.7 Å². The van der Waals surface area contributed by atoms with Crippen LogP contribution in [0.15, 0.2) is 24.3 Å². The SMILES string of the molecule is CC(O)(c1ccccc1F)C1CCOC2(CCC2)C1. The zero-order chi connectivity index (χ0) is 13.5. The first-order valence-electron chi connectivity index (χ1n) is 7.15. The van der Waals surface area contributed by atoms with E-state index in [1.54, 1.807) is 25.1 Å². The average molecular weight is 264 g/mol. The van der Waals surface area contributed by atoms with Gasteiger partial charge in [-0.2, -0.15) is 0 Å². The van der Waals surface area contributed by atoms with Gasteiger partial charge in [-0.3, -0.25) is 0 Å². The average Bonchev–Trinajstić information content (AvgIpc) is 2.37. The van der Waals surface area contributed by atoms with E-state index in [2.05, 4.69) is 0 Å². The fourth-order valence-electron chi connectivity index (χ4n) is 3.52. The molecule has 19 heavy (non-hydrogen) atoms. The van der Waals surface area contributed by atoms with E-state index in [4.69, 9.17) is 4.74 Å². The van der Waals surface area contributed by atoms with Gasteiger partial charge in [-0.05, 0) is 51.0 Å². The molecule has 0 bridgehead atoms. The molecule has 2 unspecified atom stereocenters. The van der Waals surface area contributed by atoms with E-state index < -0.39 is 5.60 Å². The van der Waals surface area contributed by atoms with Crippen molar-refractivity contribution in [1.82, 2.24) is 0 Å². The highest BCUT2D eigenvalue weighted by Gasteiger charge is 2.48. The van der Waals surface area contributed by atoms with E-state index in [-0.39, 0.29) is 17.3 Å². The number of aliphatic hydroxyl groups is 1. The van der Waals surface area contributed by atoms with Gasteiger partial charge in [0, 0.05) is 12.2 Å². The van der Waals surface area contributed by atoms with Crippen LogP contribution in [0.2, 0.25) is 0 Å². The quantitative estimate of drug-likeness (QED) is 0.887. The molecule has 3 heteroatoms. The molecule has 2 atom stereocenters. The van der Waals surface area contributed by atoms with Gasteiger partial charge in [-0.25, -0.2) is 4.39 Å². The molecule has 104 valence electrons. The molecule has 1 saturated heterocycles. The second-order valence-corrected chi connectivity index (χ2v) is 6.20. The van der Waals surface area contributed by atoms with Crippen LogP contribution in [0.1, 0.15) is 44.6 Å². The Morgan fingerprint density at radius 1 is 1.37 bits per heavy atom. The summed E-state index contributed by atoms with van der Waals surface area (Å²) >= 11 is 0. The van der Waals surface area contributed by atoms with Crippen LogP contribution in [0.5, 0.6) is 0 Å².